The third-order valence-corrected chi connectivity index (χ3v) is 14.0. The zero-order valence-corrected chi connectivity index (χ0v) is 40.6. The summed E-state index contributed by atoms with van der Waals surface area (Å²) in [6.07, 6.45) is 26.7. The van der Waals surface area contributed by atoms with E-state index in [1.54, 1.807) is 0 Å². The molecule has 0 aliphatic heterocycles. The van der Waals surface area contributed by atoms with Gasteiger partial charge in [0.05, 0.1) is 13.2 Å². The Morgan fingerprint density at radius 1 is 0.312 bits per heavy atom. The number of aryl methyl sites for hydroxylation is 4. The van der Waals surface area contributed by atoms with Crippen molar-refractivity contribution in [3.8, 4) is 33.8 Å². The van der Waals surface area contributed by atoms with Crippen LogP contribution in [0.25, 0.3) is 65.3 Å². The molecule has 0 saturated carbocycles. The molecule has 0 bridgehead atoms. The van der Waals surface area contributed by atoms with Crippen molar-refractivity contribution in [1.82, 2.24) is 0 Å². The molecule has 0 fully saturated rings. The van der Waals surface area contributed by atoms with Gasteiger partial charge in [0.2, 0.25) is 0 Å². The number of ether oxygens (including phenoxy) is 2. The summed E-state index contributed by atoms with van der Waals surface area (Å²) >= 11 is 0. The minimum atomic E-state index is 0.786. The lowest BCUT2D eigenvalue weighted by Crippen LogP contribution is -1.97. The average molecular weight is 855 g/mol. The van der Waals surface area contributed by atoms with Gasteiger partial charge in [-0.15, -0.1) is 0 Å². The average Bonchev–Trinajstić information content (AvgIpc) is 3.31. The fourth-order valence-electron chi connectivity index (χ4n) is 10.2. The molecule has 0 atom stereocenters. The Morgan fingerprint density at radius 3 is 0.938 bits per heavy atom. The van der Waals surface area contributed by atoms with Crippen molar-refractivity contribution in [2.24, 2.45) is 0 Å². The van der Waals surface area contributed by atoms with Crippen molar-refractivity contribution in [3.63, 3.8) is 0 Å². The lowest BCUT2D eigenvalue weighted by Gasteiger charge is -2.19. The number of rotatable bonds is 26. The first-order valence-electron chi connectivity index (χ1n) is 25.7. The van der Waals surface area contributed by atoms with Gasteiger partial charge in [-0.2, -0.15) is 0 Å². The van der Waals surface area contributed by atoms with Gasteiger partial charge < -0.3 is 9.47 Å². The summed E-state index contributed by atoms with van der Waals surface area (Å²) < 4.78 is 12.5. The van der Waals surface area contributed by atoms with Crippen molar-refractivity contribution in [2.75, 3.05) is 13.2 Å². The van der Waals surface area contributed by atoms with Gasteiger partial charge in [0.25, 0.3) is 0 Å². The molecule has 0 aliphatic carbocycles. The number of benzene rings is 7. The van der Waals surface area contributed by atoms with Crippen molar-refractivity contribution in [1.29, 1.82) is 0 Å². The number of hydrogen-bond acceptors (Lipinski definition) is 2. The molecule has 2 nitrogen and oxygen atoms in total. The second-order valence-electron chi connectivity index (χ2n) is 19.2. The third kappa shape index (κ3) is 11.9. The van der Waals surface area contributed by atoms with E-state index in [9.17, 15) is 0 Å². The summed E-state index contributed by atoms with van der Waals surface area (Å²) in [5.41, 5.74) is 10.3. The van der Waals surface area contributed by atoms with Crippen LogP contribution in [-0.4, -0.2) is 13.2 Å². The molecule has 0 amide bonds. The maximum Gasteiger partial charge on any atom is 0.119 e. The predicted molar refractivity (Wildman–Crippen MR) is 281 cm³/mol. The highest BCUT2D eigenvalue weighted by Crippen LogP contribution is 2.44. The van der Waals surface area contributed by atoms with Crippen LogP contribution in [0.3, 0.4) is 0 Å². The monoisotopic (exact) mass is 855 g/mol. The van der Waals surface area contributed by atoms with Gasteiger partial charge in [0.1, 0.15) is 11.5 Å². The smallest absolute Gasteiger partial charge is 0.119 e. The number of fused-ring (bicyclic) bond motifs is 6. The number of hydrogen-bond donors (Lipinski definition) is 0. The van der Waals surface area contributed by atoms with Crippen molar-refractivity contribution < 1.29 is 9.47 Å². The van der Waals surface area contributed by atoms with E-state index >= 15 is 0 Å². The normalized spacial score (nSPS) is 11.7. The standard InChI is InChI=1S/C62H78O2/c1-7-9-11-13-15-17-19-21-23-25-39-63-53-35-31-49(32-36-53)55-41-51-43-58-52(44-57(51)61-47(5)29-27-45(3)59(55)61)42-56(60-46(4)28-30-48(6)62(58)60)50-33-37-54(38-34-50)64-40-26-24-22-20-18-16-14-12-10-8-2/h27-38,41-44H,7-26,39-40H2,1-6H3. The van der Waals surface area contributed by atoms with Gasteiger partial charge in [-0.1, -0.05) is 178 Å². The van der Waals surface area contributed by atoms with E-state index in [1.165, 1.54) is 203 Å². The lowest BCUT2D eigenvalue weighted by molar-refractivity contribution is 0.304. The van der Waals surface area contributed by atoms with Crippen LogP contribution in [-0.2, 0) is 0 Å². The lowest BCUT2D eigenvalue weighted by atomic mass is 9.85. The predicted octanol–water partition coefficient (Wildman–Crippen LogP) is 19.5. The van der Waals surface area contributed by atoms with Crippen molar-refractivity contribution in [2.45, 2.75) is 170 Å². The maximum atomic E-state index is 6.26. The first-order chi connectivity index (χ1) is 31.4. The van der Waals surface area contributed by atoms with Crippen LogP contribution in [0.2, 0.25) is 0 Å². The van der Waals surface area contributed by atoms with Gasteiger partial charge >= 0.3 is 0 Å². The molecule has 0 N–H and O–H groups in total. The Kier molecular flexibility index (Phi) is 17.6. The molecule has 0 saturated heterocycles. The third-order valence-electron chi connectivity index (χ3n) is 14.0. The molecule has 7 aromatic rings. The summed E-state index contributed by atoms with van der Waals surface area (Å²) in [5.74, 6) is 1.92. The molecule has 64 heavy (non-hydrogen) atoms. The summed E-state index contributed by atoms with van der Waals surface area (Å²) in [6.45, 7) is 15.2. The molecule has 338 valence electrons. The molecular formula is C62H78O2. The van der Waals surface area contributed by atoms with Crippen LogP contribution < -0.4 is 9.47 Å². The Labute approximate surface area is 387 Å². The summed E-state index contributed by atoms with van der Waals surface area (Å²) in [4.78, 5) is 0. The highest BCUT2D eigenvalue weighted by atomic mass is 16.5. The van der Waals surface area contributed by atoms with E-state index in [2.05, 4.69) is 139 Å². The Morgan fingerprint density at radius 2 is 0.609 bits per heavy atom. The van der Waals surface area contributed by atoms with E-state index in [-0.39, 0.29) is 0 Å². The Bertz CT molecular complexity index is 2380. The molecule has 2 heteroatoms. The van der Waals surface area contributed by atoms with Crippen LogP contribution in [0.4, 0.5) is 0 Å². The maximum absolute atomic E-state index is 6.26. The second kappa shape index (κ2) is 23.9. The molecule has 0 radical (unpaired) electrons. The minimum absolute atomic E-state index is 0.786. The highest BCUT2D eigenvalue weighted by Gasteiger charge is 2.18. The van der Waals surface area contributed by atoms with Crippen molar-refractivity contribution in [3.05, 3.63) is 119 Å². The minimum Gasteiger partial charge on any atom is -0.494 e. The topological polar surface area (TPSA) is 18.5 Å². The number of unbranched alkanes of at least 4 members (excludes halogenated alkanes) is 18. The van der Waals surface area contributed by atoms with Crippen LogP contribution in [0.5, 0.6) is 11.5 Å². The molecule has 0 unspecified atom stereocenters. The summed E-state index contributed by atoms with van der Waals surface area (Å²) in [6, 6.07) is 36.8. The summed E-state index contributed by atoms with van der Waals surface area (Å²) in [5, 5.41) is 10.6. The van der Waals surface area contributed by atoms with Gasteiger partial charge in [0.15, 0.2) is 0 Å². The molecule has 7 rings (SSSR count). The molecular weight excluding hydrogens is 777 g/mol. The van der Waals surface area contributed by atoms with E-state index in [1.807, 2.05) is 0 Å². The SMILES string of the molecule is CCCCCCCCCCCCOc1ccc(-c2cc3cc4c(cc(-c5ccc(OCCCCCCCCCCCC)cc5)c5c(C)ccc(C)c54)cc3c3c(C)ccc(C)c23)cc1. The van der Waals surface area contributed by atoms with E-state index in [4.69, 9.17) is 9.47 Å². The van der Waals surface area contributed by atoms with Crippen molar-refractivity contribution >= 4 is 43.1 Å². The fourth-order valence-corrected chi connectivity index (χ4v) is 10.2. The quantitative estimate of drug-likeness (QED) is 0.0307. The first kappa shape index (κ1) is 47.2. The fraction of sp³-hybridized carbons (Fsp3) is 0.452. The largest absolute Gasteiger partial charge is 0.494 e. The van der Waals surface area contributed by atoms with Gasteiger partial charge in [0, 0.05) is 0 Å². The Balaban J connectivity index is 1.10. The zero-order chi connectivity index (χ0) is 44.7. The molecule has 0 aliphatic rings. The zero-order valence-electron chi connectivity index (χ0n) is 40.6. The molecule has 0 heterocycles. The first-order valence-corrected chi connectivity index (χ1v) is 25.7. The van der Waals surface area contributed by atoms with Crippen LogP contribution >= 0.6 is 0 Å². The van der Waals surface area contributed by atoms with Gasteiger partial charge in [-0.3, -0.25) is 0 Å². The highest BCUT2D eigenvalue weighted by molar-refractivity contribution is 6.23. The molecule has 7 aromatic carbocycles. The van der Waals surface area contributed by atoms with E-state index < -0.39 is 0 Å². The summed E-state index contributed by atoms with van der Waals surface area (Å²) in [7, 11) is 0. The molecule has 0 aromatic heterocycles. The second-order valence-corrected chi connectivity index (χ2v) is 19.2. The van der Waals surface area contributed by atoms with Crippen LogP contribution in [0, 0.1) is 27.7 Å². The van der Waals surface area contributed by atoms with Gasteiger partial charge in [-0.25, -0.2) is 0 Å². The Hall–Kier alpha value is -4.82. The van der Waals surface area contributed by atoms with Gasteiger partial charge in [-0.05, 0) is 177 Å². The van der Waals surface area contributed by atoms with Crippen LogP contribution in [0.1, 0.15) is 165 Å². The van der Waals surface area contributed by atoms with Crippen LogP contribution in [0.15, 0.2) is 97.1 Å². The molecule has 0 spiro atoms. The van der Waals surface area contributed by atoms with E-state index in [0.717, 1.165) is 37.6 Å². The van der Waals surface area contributed by atoms with E-state index in [0.29, 0.717) is 0 Å².